The van der Waals surface area contributed by atoms with E-state index in [1.807, 2.05) is 78.9 Å². The SMILES string of the molecule is O=C(CSCc1ccccc1Cl)N/N=C\c1ccccc1OCc1ccccc1. The van der Waals surface area contributed by atoms with Crippen molar-refractivity contribution in [2.75, 3.05) is 5.75 Å². The van der Waals surface area contributed by atoms with Crippen LogP contribution in [-0.4, -0.2) is 17.9 Å². The van der Waals surface area contributed by atoms with E-state index in [0.29, 0.717) is 28.9 Å². The lowest BCUT2D eigenvalue weighted by Crippen LogP contribution is -2.19. The van der Waals surface area contributed by atoms with Crippen LogP contribution in [0.5, 0.6) is 5.75 Å². The van der Waals surface area contributed by atoms with Crippen molar-refractivity contribution < 1.29 is 9.53 Å². The van der Waals surface area contributed by atoms with E-state index in [-0.39, 0.29) is 5.91 Å². The summed E-state index contributed by atoms with van der Waals surface area (Å²) in [6.45, 7) is 0.469. The second kappa shape index (κ2) is 11.3. The van der Waals surface area contributed by atoms with Crippen molar-refractivity contribution >= 4 is 35.5 Å². The minimum atomic E-state index is -0.166. The number of hydrogen-bond acceptors (Lipinski definition) is 4. The number of para-hydroxylation sites is 1. The smallest absolute Gasteiger partial charge is 0.250 e. The molecule has 29 heavy (non-hydrogen) atoms. The summed E-state index contributed by atoms with van der Waals surface area (Å²) >= 11 is 7.61. The van der Waals surface area contributed by atoms with E-state index in [4.69, 9.17) is 16.3 Å². The fraction of sp³-hybridized carbons (Fsp3) is 0.130. The van der Waals surface area contributed by atoms with Gasteiger partial charge in [-0.05, 0) is 29.3 Å². The molecule has 0 radical (unpaired) electrons. The minimum Gasteiger partial charge on any atom is -0.488 e. The maximum atomic E-state index is 12.0. The van der Waals surface area contributed by atoms with Gasteiger partial charge in [-0.3, -0.25) is 4.79 Å². The van der Waals surface area contributed by atoms with Crippen LogP contribution in [0, 0.1) is 0 Å². The molecule has 0 fully saturated rings. The summed E-state index contributed by atoms with van der Waals surface area (Å²) in [6, 6.07) is 25.2. The van der Waals surface area contributed by atoms with Gasteiger partial charge in [0.1, 0.15) is 12.4 Å². The van der Waals surface area contributed by atoms with Crippen molar-refractivity contribution in [2.24, 2.45) is 5.10 Å². The van der Waals surface area contributed by atoms with E-state index in [0.717, 1.165) is 16.7 Å². The molecule has 4 nitrogen and oxygen atoms in total. The van der Waals surface area contributed by atoms with Gasteiger partial charge in [0.25, 0.3) is 0 Å². The number of thioether (sulfide) groups is 1. The number of carbonyl (C=O) groups excluding carboxylic acids is 1. The van der Waals surface area contributed by atoms with Crippen molar-refractivity contribution in [1.29, 1.82) is 0 Å². The first-order chi connectivity index (χ1) is 14.2. The van der Waals surface area contributed by atoms with Crippen LogP contribution >= 0.6 is 23.4 Å². The van der Waals surface area contributed by atoms with Crippen LogP contribution in [0.15, 0.2) is 84.0 Å². The fourth-order valence-corrected chi connectivity index (χ4v) is 3.63. The monoisotopic (exact) mass is 424 g/mol. The van der Waals surface area contributed by atoms with Crippen LogP contribution < -0.4 is 10.2 Å². The van der Waals surface area contributed by atoms with Gasteiger partial charge < -0.3 is 4.74 Å². The number of halogens is 1. The Morgan fingerprint density at radius 1 is 1.00 bits per heavy atom. The van der Waals surface area contributed by atoms with E-state index in [1.165, 1.54) is 11.8 Å². The molecule has 0 spiro atoms. The Labute approximate surface area is 179 Å². The second-order valence-electron chi connectivity index (χ2n) is 6.19. The number of hydrogen-bond donors (Lipinski definition) is 1. The van der Waals surface area contributed by atoms with Gasteiger partial charge >= 0.3 is 0 Å². The average molecular weight is 425 g/mol. The average Bonchev–Trinajstić information content (AvgIpc) is 2.75. The van der Waals surface area contributed by atoms with Crippen LogP contribution in [0.25, 0.3) is 0 Å². The van der Waals surface area contributed by atoms with E-state index in [9.17, 15) is 4.79 Å². The van der Waals surface area contributed by atoms with Crippen LogP contribution in [0.3, 0.4) is 0 Å². The minimum absolute atomic E-state index is 0.166. The summed E-state index contributed by atoms with van der Waals surface area (Å²) < 4.78 is 5.89. The van der Waals surface area contributed by atoms with Crippen LogP contribution in [0.1, 0.15) is 16.7 Å². The van der Waals surface area contributed by atoms with Crippen LogP contribution in [0.2, 0.25) is 5.02 Å². The van der Waals surface area contributed by atoms with Gasteiger partial charge in [0, 0.05) is 16.3 Å². The molecule has 0 aromatic heterocycles. The quantitative estimate of drug-likeness (QED) is 0.374. The number of nitrogens with one attached hydrogen (secondary N) is 1. The maximum absolute atomic E-state index is 12.0. The van der Waals surface area contributed by atoms with Gasteiger partial charge in [0.15, 0.2) is 0 Å². The molecule has 0 aliphatic heterocycles. The molecule has 1 amide bonds. The molecule has 0 aliphatic rings. The van der Waals surface area contributed by atoms with Gasteiger partial charge in [0.05, 0.1) is 12.0 Å². The molecule has 3 rings (SSSR count). The summed E-state index contributed by atoms with van der Waals surface area (Å²) in [7, 11) is 0. The highest BCUT2D eigenvalue weighted by atomic mass is 35.5. The molecule has 0 heterocycles. The normalized spacial score (nSPS) is 10.8. The first kappa shape index (κ1) is 21.0. The fourth-order valence-electron chi connectivity index (χ4n) is 2.53. The van der Waals surface area contributed by atoms with E-state index < -0.39 is 0 Å². The molecule has 3 aromatic carbocycles. The van der Waals surface area contributed by atoms with Crippen molar-refractivity contribution in [2.45, 2.75) is 12.4 Å². The van der Waals surface area contributed by atoms with Gasteiger partial charge in [0.2, 0.25) is 5.91 Å². The molecule has 0 bridgehead atoms. The van der Waals surface area contributed by atoms with Crippen LogP contribution in [-0.2, 0) is 17.2 Å². The largest absolute Gasteiger partial charge is 0.488 e. The van der Waals surface area contributed by atoms with E-state index in [2.05, 4.69) is 10.5 Å². The molecule has 0 saturated carbocycles. The third kappa shape index (κ3) is 6.97. The highest BCUT2D eigenvalue weighted by Crippen LogP contribution is 2.20. The molecular weight excluding hydrogens is 404 g/mol. The van der Waals surface area contributed by atoms with E-state index >= 15 is 0 Å². The third-order valence-corrected chi connectivity index (χ3v) is 5.35. The van der Waals surface area contributed by atoms with Crippen molar-refractivity contribution in [1.82, 2.24) is 5.43 Å². The Balaban J connectivity index is 1.47. The Morgan fingerprint density at radius 2 is 1.72 bits per heavy atom. The Morgan fingerprint density at radius 3 is 2.55 bits per heavy atom. The number of rotatable bonds is 9. The Hall–Kier alpha value is -2.76. The highest BCUT2D eigenvalue weighted by Gasteiger charge is 2.04. The zero-order valence-electron chi connectivity index (χ0n) is 15.8. The molecule has 6 heteroatoms. The predicted molar refractivity (Wildman–Crippen MR) is 121 cm³/mol. The first-order valence-electron chi connectivity index (χ1n) is 9.11. The molecule has 1 N–H and O–H groups in total. The van der Waals surface area contributed by atoms with E-state index in [1.54, 1.807) is 6.21 Å². The lowest BCUT2D eigenvalue weighted by molar-refractivity contribution is -0.118. The lowest BCUT2D eigenvalue weighted by Gasteiger charge is -2.09. The zero-order chi connectivity index (χ0) is 20.3. The van der Waals surface area contributed by atoms with Crippen molar-refractivity contribution in [3.05, 3.63) is 101 Å². The lowest BCUT2D eigenvalue weighted by atomic mass is 10.2. The number of benzene rings is 3. The first-order valence-corrected chi connectivity index (χ1v) is 10.6. The zero-order valence-corrected chi connectivity index (χ0v) is 17.3. The molecule has 0 aliphatic carbocycles. The molecular formula is C23H21ClN2O2S. The summed E-state index contributed by atoms with van der Waals surface area (Å²) in [5, 5.41) is 4.77. The summed E-state index contributed by atoms with van der Waals surface area (Å²) in [4.78, 5) is 12.0. The molecule has 0 unspecified atom stereocenters. The topological polar surface area (TPSA) is 50.7 Å². The number of hydrazone groups is 1. The van der Waals surface area contributed by atoms with Gasteiger partial charge in [-0.15, -0.1) is 11.8 Å². The number of amides is 1. The van der Waals surface area contributed by atoms with Crippen LogP contribution in [0.4, 0.5) is 0 Å². The standard InChI is InChI=1S/C23H21ClN2O2S/c24-21-12-6-4-11-20(21)16-29-17-23(27)26-25-14-19-10-5-7-13-22(19)28-15-18-8-2-1-3-9-18/h1-14H,15-17H2,(H,26,27)/b25-14-. The summed E-state index contributed by atoms with van der Waals surface area (Å²) in [5.74, 6) is 1.52. The Bertz CT molecular complexity index is 964. The summed E-state index contributed by atoms with van der Waals surface area (Å²) in [5.41, 5.74) is 5.45. The van der Waals surface area contributed by atoms with Gasteiger partial charge in [-0.2, -0.15) is 5.10 Å². The van der Waals surface area contributed by atoms with Gasteiger partial charge in [-0.1, -0.05) is 72.3 Å². The number of ether oxygens (including phenoxy) is 1. The molecule has 0 atom stereocenters. The van der Waals surface area contributed by atoms with Crippen molar-refractivity contribution in [3.8, 4) is 5.75 Å². The van der Waals surface area contributed by atoms with Gasteiger partial charge in [-0.25, -0.2) is 5.43 Å². The number of carbonyl (C=O) groups is 1. The molecule has 3 aromatic rings. The number of nitrogens with zero attached hydrogens (tertiary/aromatic N) is 1. The highest BCUT2D eigenvalue weighted by molar-refractivity contribution is 7.99. The predicted octanol–water partition coefficient (Wildman–Crippen LogP) is 5.30. The van der Waals surface area contributed by atoms with Crippen molar-refractivity contribution in [3.63, 3.8) is 0 Å². The second-order valence-corrected chi connectivity index (χ2v) is 7.58. The molecule has 148 valence electrons. The molecule has 0 saturated heterocycles. The third-order valence-electron chi connectivity index (χ3n) is 4.00. The maximum Gasteiger partial charge on any atom is 0.250 e. The summed E-state index contributed by atoms with van der Waals surface area (Å²) in [6.07, 6.45) is 1.59. The Kier molecular flexibility index (Phi) is 8.16.